The van der Waals surface area contributed by atoms with Crippen molar-refractivity contribution in [3.05, 3.63) is 63.4 Å². The van der Waals surface area contributed by atoms with E-state index in [2.05, 4.69) is 30.3 Å². The van der Waals surface area contributed by atoms with Crippen molar-refractivity contribution < 1.29 is 42.1 Å². The highest BCUT2D eigenvalue weighted by atomic mass is 35.5. The van der Waals surface area contributed by atoms with Crippen molar-refractivity contribution >= 4 is 46.8 Å². The van der Waals surface area contributed by atoms with E-state index in [9.17, 15) is 27.6 Å². The molecule has 3 rings (SSSR count). The standard InChI is InChI=1S/C21H17Cl2F3N6O6/c1-9-6-10(22)7-11(17(33)29-30-20(36)37-2)15(9)28-18(34)13-8-14(38-21(25,26)19(24)35)31-32(13)16-12(23)4-3-5-27-16/h3-8,19,35H,1-2H3,(H,28,34)(H,29,33)(H,30,36). The Morgan fingerprint density at radius 1 is 1.16 bits per heavy atom. The van der Waals surface area contributed by atoms with Crippen LogP contribution in [-0.4, -0.2) is 57.4 Å². The zero-order chi connectivity index (χ0) is 28.2. The van der Waals surface area contributed by atoms with Gasteiger partial charge in [0, 0.05) is 17.3 Å². The number of ether oxygens (including phenoxy) is 2. The number of amides is 3. The van der Waals surface area contributed by atoms with Crippen LogP contribution < -0.4 is 20.9 Å². The molecule has 0 aliphatic carbocycles. The lowest BCUT2D eigenvalue weighted by atomic mass is 10.1. The lowest BCUT2D eigenvalue weighted by molar-refractivity contribution is -0.277. The summed E-state index contributed by atoms with van der Waals surface area (Å²) in [7, 11) is 1.07. The second-order valence-electron chi connectivity index (χ2n) is 7.26. The number of aliphatic hydroxyl groups is 1. The maximum atomic E-state index is 13.7. The fraction of sp³-hybridized carbons (Fsp3) is 0.190. The molecule has 0 bridgehead atoms. The quantitative estimate of drug-likeness (QED) is 0.312. The molecule has 2 aromatic heterocycles. The number of nitrogens with one attached hydrogen (secondary N) is 3. The van der Waals surface area contributed by atoms with E-state index in [1.54, 1.807) is 0 Å². The first kappa shape index (κ1) is 28.5. The number of methoxy groups -OCH3 is 1. The van der Waals surface area contributed by atoms with Crippen LogP contribution in [0.3, 0.4) is 0 Å². The molecule has 4 N–H and O–H groups in total. The van der Waals surface area contributed by atoms with Gasteiger partial charge in [-0.25, -0.2) is 24.3 Å². The molecule has 202 valence electrons. The van der Waals surface area contributed by atoms with E-state index in [-0.39, 0.29) is 27.1 Å². The Hall–Kier alpha value is -4.08. The summed E-state index contributed by atoms with van der Waals surface area (Å²) in [5, 5.41) is 14.8. The summed E-state index contributed by atoms with van der Waals surface area (Å²) >= 11 is 12.2. The fourth-order valence-electron chi connectivity index (χ4n) is 2.95. The monoisotopic (exact) mass is 576 g/mol. The molecule has 1 atom stereocenters. The third-order valence-electron chi connectivity index (χ3n) is 4.62. The Balaban J connectivity index is 2.04. The smallest absolute Gasteiger partial charge is 0.452 e. The van der Waals surface area contributed by atoms with Gasteiger partial charge in [-0.05, 0) is 36.8 Å². The number of halogens is 5. The number of rotatable bonds is 7. The maximum Gasteiger partial charge on any atom is 0.457 e. The third kappa shape index (κ3) is 6.42. The van der Waals surface area contributed by atoms with Crippen molar-refractivity contribution in [1.82, 2.24) is 25.6 Å². The summed E-state index contributed by atoms with van der Waals surface area (Å²) in [6, 6.07) is 6.12. The molecule has 2 heterocycles. The first-order chi connectivity index (χ1) is 17.8. The first-order valence-electron chi connectivity index (χ1n) is 10.2. The van der Waals surface area contributed by atoms with Crippen molar-refractivity contribution in [2.75, 3.05) is 12.4 Å². The van der Waals surface area contributed by atoms with Gasteiger partial charge in [-0.15, -0.1) is 5.10 Å². The number of aliphatic hydroxyl groups excluding tert-OH is 1. The number of nitrogens with zero attached hydrogens (tertiary/aromatic N) is 3. The SMILES string of the molecule is COC(=O)NNC(=O)c1cc(Cl)cc(C)c1NC(=O)c1cc(OC(F)(F)C(O)F)nn1-c1ncccc1Cl. The maximum absolute atomic E-state index is 13.7. The number of benzene rings is 1. The summed E-state index contributed by atoms with van der Waals surface area (Å²) in [6.45, 7) is 1.50. The van der Waals surface area contributed by atoms with Crippen molar-refractivity contribution in [2.45, 2.75) is 19.4 Å². The van der Waals surface area contributed by atoms with Crippen LogP contribution in [-0.2, 0) is 4.74 Å². The largest absolute Gasteiger partial charge is 0.457 e. The number of carbonyl (C=O) groups is 3. The summed E-state index contributed by atoms with van der Waals surface area (Å²) in [5.74, 6) is -3.09. The van der Waals surface area contributed by atoms with Crippen LogP contribution >= 0.6 is 23.2 Å². The van der Waals surface area contributed by atoms with Gasteiger partial charge in [-0.2, -0.15) is 8.78 Å². The molecule has 38 heavy (non-hydrogen) atoms. The van der Waals surface area contributed by atoms with Gasteiger partial charge in [-0.3, -0.25) is 15.0 Å². The zero-order valence-corrected chi connectivity index (χ0v) is 20.8. The van der Waals surface area contributed by atoms with Crippen LogP contribution in [0.2, 0.25) is 10.0 Å². The van der Waals surface area contributed by atoms with Crippen molar-refractivity contribution in [2.24, 2.45) is 0 Å². The molecule has 0 fully saturated rings. The Labute approximate surface area is 221 Å². The molecule has 12 nitrogen and oxygen atoms in total. The van der Waals surface area contributed by atoms with Crippen molar-refractivity contribution in [3.8, 4) is 11.7 Å². The topological polar surface area (TPSA) is 157 Å². The first-order valence-corrected chi connectivity index (χ1v) is 10.9. The minimum absolute atomic E-state index is 0.0508. The van der Waals surface area contributed by atoms with Gasteiger partial charge in [-0.1, -0.05) is 23.2 Å². The molecule has 17 heteroatoms. The van der Waals surface area contributed by atoms with Crippen LogP contribution in [0.15, 0.2) is 36.5 Å². The van der Waals surface area contributed by atoms with E-state index in [1.807, 2.05) is 5.43 Å². The van der Waals surface area contributed by atoms with Gasteiger partial charge in [0.1, 0.15) is 5.69 Å². The highest BCUT2D eigenvalue weighted by molar-refractivity contribution is 6.32. The normalized spacial score (nSPS) is 11.9. The number of hydrogen-bond acceptors (Lipinski definition) is 8. The number of hydrazine groups is 1. The van der Waals surface area contributed by atoms with Gasteiger partial charge in [0.15, 0.2) is 5.82 Å². The molecule has 1 unspecified atom stereocenters. The summed E-state index contributed by atoms with van der Waals surface area (Å²) in [4.78, 5) is 41.2. The highest BCUT2D eigenvalue weighted by Crippen LogP contribution is 2.30. The summed E-state index contributed by atoms with van der Waals surface area (Å²) in [6.07, 6.45) is -8.11. The molecule has 0 aliphatic heterocycles. The lowest BCUT2D eigenvalue weighted by Gasteiger charge is -2.15. The molecule has 0 aliphatic rings. The van der Waals surface area contributed by atoms with Crippen LogP contribution in [0.5, 0.6) is 5.88 Å². The van der Waals surface area contributed by atoms with E-state index < -0.39 is 41.9 Å². The van der Waals surface area contributed by atoms with E-state index in [0.717, 1.165) is 11.8 Å². The van der Waals surface area contributed by atoms with Crippen LogP contribution in [0, 0.1) is 6.92 Å². The summed E-state index contributed by atoms with van der Waals surface area (Å²) in [5.41, 5.74) is 3.53. The number of hydrogen-bond donors (Lipinski definition) is 4. The van der Waals surface area contributed by atoms with Crippen LogP contribution in [0.1, 0.15) is 26.4 Å². The fourth-order valence-corrected chi connectivity index (χ4v) is 3.42. The van der Waals surface area contributed by atoms with Gasteiger partial charge >= 0.3 is 18.6 Å². The molecular weight excluding hydrogens is 560 g/mol. The van der Waals surface area contributed by atoms with Crippen LogP contribution in [0.4, 0.5) is 23.7 Å². The minimum atomic E-state index is -4.70. The molecule has 3 aromatic rings. The van der Waals surface area contributed by atoms with Crippen molar-refractivity contribution in [1.29, 1.82) is 0 Å². The number of aromatic nitrogens is 3. The van der Waals surface area contributed by atoms with Gasteiger partial charge in [0.2, 0.25) is 5.88 Å². The molecular formula is C21H17Cl2F3N6O6. The third-order valence-corrected chi connectivity index (χ3v) is 5.14. The molecule has 0 saturated heterocycles. The average molecular weight is 577 g/mol. The second-order valence-corrected chi connectivity index (χ2v) is 8.10. The lowest BCUT2D eigenvalue weighted by Crippen LogP contribution is -2.41. The second kappa shape index (κ2) is 11.5. The van der Waals surface area contributed by atoms with E-state index in [1.165, 1.54) is 37.4 Å². The molecule has 1 aromatic carbocycles. The molecule has 0 radical (unpaired) electrons. The predicted octanol–water partition coefficient (Wildman–Crippen LogP) is 3.40. The van der Waals surface area contributed by atoms with Gasteiger partial charge in [0.25, 0.3) is 11.8 Å². The van der Waals surface area contributed by atoms with E-state index in [4.69, 9.17) is 28.3 Å². The van der Waals surface area contributed by atoms with E-state index in [0.29, 0.717) is 11.6 Å². The summed E-state index contributed by atoms with van der Waals surface area (Å²) < 4.78 is 49.4. The number of pyridine rings is 1. The number of alkyl halides is 3. The number of aryl methyl sites for hydroxylation is 1. The van der Waals surface area contributed by atoms with Crippen molar-refractivity contribution in [3.63, 3.8) is 0 Å². The molecule has 0 saturated carbocycles. The molecule has 3 amide bonds. The number of carbonyl (C=O) groups excluding carboxylic acids is 3. The Bertz CT molecular complexity index is 1390. The Kier molecular flexibility index (Phi) is 8.65. The predicted molar refractivity (Wildman–Crippen MR) is 126 cm³/mol. The molecule has 0 spiro atoms. The Morgan fingerprint density at radius 3 is 2.50 bits per heavy atom. The van der Waals surface area contributed by atoms with Crippen LogP contribution in [0.25, 0.3) is 5.82 Å². The minimum Gasteiger partial charge on any atom is -0.452 e. The highest BCUT2D eigenvalue weighted by Gasteiger charge is 2.43. The zero-order valence-electron chi connectivity index (χ0n) is 19.3. The Morgan fingerprint density at radius 2 is 1.87 bits per heavy atom. The van der Waals surface area contributed by atoms with Gasteiger partial charge < -0.3 is 19.9 Å². The number of anilines is 1. The average Bonchev–Trinajstić information content (AvgIpc) is 3.26. The van der Waals surface area contributed by atoms with E-state index >= 15 is 0 Å². The van der Waals surface area contributed by atoms with Gasteiger partial charge in [0.05, 0.1) is 23.4 Å².